The highest BCUT2D eigenvalue weighted by molar-refractivity contribution is 7.92. The van der Waals surface area contributed by atoms with Crippen molar-refractivity contribution in [2.24, 2.45) is 0 Å². The number of aromatic nitrogens is 2. The Morgan fingerprint density at radius 3 is 2.74 bits per heavy atom. The van der Waals surface area contributed by atoms with Crippen molar-refractivity contribution in [2.45, 2.75) is 54.7 Å². The second-order valence-corrected chi connectivity index (χ2v) is 13.6. The fourth-order valence-corrected chi connectivity index (χ4v) is 7.88. The van der Waals surface area contributed by atoms with Crippen molar-refractivity contribution in [1.29, 1.82) is 0 Å². The van der Waals surface area contributed by atoms with Gasteiger partial charge in [0.1, 0.15) is 21.5 Å². The monoisotopic (exact) mass is 571 g/mol. The molecular weight excluding hydrogens is 542 g/mol. The summed E-state index contributed by atoms with van der Waals surface area (Å²) >= 11 is 7.03. The van der Waals surface area contributed by atoms with Crippen molar-refractivity contribution in [3.05, 3.63) is 75.8 Å². The number of aryl methyl sites for hydroxylation is 1. The quantitative estimate of drug-likeness (QED) is 0.258. The lowest BCUT2D eigenvalue weighted by molar-refractivity contribution is -0.119. The first kappa shape index (κ1) is 26.9. The third kappa shape index (κ3) is 6.12. The lowest BCUT2D eigenvalue weighted by atomic mass is 10.0. The fourth-order valence-electron chi connectivity index (χ4n) is 5.03. The Balaban J connectivity index is 1.37. The van der Waals surface area contributed by atoms with Crippen molar-refractivity contribution < 1.29 is 17.9 Å². The van der Waals surface area contributed by atoms with Crippen LogP contribution in [0.2, 0.25) is 4.34 Å². The Morgan fingerprint density at radius 2 is 2.00 bits per heavy atom. The number of sulfone groups is 1. The zero-order chi connectivity index (χ0) is 26.7. The van der Waals surface area contributed by atoms with E-state index in [2.05, 4.69) is 11.4 Å². The first-order valence-electron chi connectivity index (χ1n) is 12.7. The number of nitrogens with zero attached hydrogens (tertiary/aromatic N) is 2. The summed E-state index contributed by atoms with van der Waals surface area (Å²) in [7, 11) is -2.07. The fraction of sp³-hybridized carbons (Fsp3) is 0.357. The van der Waals surface area contributed by atoms with Gasteiger partial charge in [0.15, 0.2) is 9.84 Å². The molecule has 0 amide bonds. The van der Waals surface area contributed by atoms with Gasteiger partial charge in [-0.25, -0.2) is 8.42 Å². The van der Waals surface area contributed by atoms with Gasteiger partial charge in [-0.3, -0.25) is 9.48 Å². The molecule has 2 aromatic heterocycles. The molecule has 1 fully saturated rings. The number of nitrogens with one attached hydrogen (secondary N) is 1. The van der Waals surface area contributed by atoms with E-state index in [4.69, 9.17) is 21.4 Å². The summed E-state index contributed by atoms with van der Waals surface area (Å²) in [6.45, 7) is 1.46. The molecule has 0 bridgehead atoms. The lowest BCUT2D eigenvalue weighted by Crippen LogP contribution is -2.24. The first-order chi connectivity index (χ1) is 18.3. The first-order valence-corrected chi connectivity index (χ1v) is 15.5. The second kappa shape index (κ2) is 11.6. The van der Waals surface area contributed by atoms with Crippen LogP contribution in [0, 0.1) is 0 Å². The van der Waals surface area contributed by atoms with Gasteiger partial charge in [0.25, 0.3) is 0 Å². The van der Waals surface area contributed by atoms with Gasteiger partial charge >= 0.3 is 0 Å². The number of Topliss-reactive ketones (excluding diaryl/α,β-unsaturated/α-hetero) is 1. The summed E-state index contributed by atoms with van der Waals surface area (Å²) in [5.74, 6) is 0.608. The molecule has 0 aliphatic carbocycles. The molecule has 1 aliphatic rings. The Morgan fingerprint density at radius 1 is 1.18 bits per heavy atom. The number of fused-ring (bicyclic) bond motifs is 1. The van der Waals surface area contributed by atoms with E-state index in [9.17, 15) is 13.2 Å². The Kier molecular flexibility index (Phi) is 8.18. The van der Waals surface area contributed by atoms with Gasteiger partial charge < -0.3 is 10.1 Å². The smallest absolute Gasteiger partial charge is 0.193 e. The molecule has 2 aromatic carbocycles. The van der Waals surface area contributed by atoms with Gasteiger partial charge in [-0.05, 0) is 61.2 Å². The number of methoxy groups -OCH3 is 1. The zero-order valence-corrected chi connectivity index (χ0v) is 23.5. The third-order valence-electron chi connectivity index (χ3n) is 6.87. The van der Waals surface area contributed by atoms with Crippen LogP contribution in [0.4, 0.5) is 0 Å². The molecule has 5 rings (SSSR count). The van der Waals surface area contributed by atoms with E-state index in [0.717, 1.165) is 47.4 Å². The van der Waals surface area contributed by atoms with E-state index in [1.165, 1.54) is 6.07 Å². The highest BCUT2D eigenvalue weighted by Gasteiger charge is 2.24. The molecule has 1 saturated heterocycles. The number of thiophene rings is 1. The van der Waals surface area contributed by atoms with E-state index in [0.29, 0.717) is 53.0 Å². The minimum absolute atomic E-state index is 0.214. The molecule has 0 radical (unpaired) electrons. The van der Waals surface area contributed by atoms with Crippen LogP contribution in [0.3, 0.4) is 0 Å². The molecule has 4 aromatic rings. The minimum Gasteiger partial charge on any atom is -0.496 e. The zero-order valence-electron chi connectivity index (χ0n) is 21.2. The van der Waals surface area contributed by atoms with E-state index in [1.807, 2.05) is 41.1 Å². The molecule has 7 nitrogen and oxygen atoms in total. The highest BCUT2D eigenvalue weighted by atomic mass is 35.5. The van der Waals surface area contributed by atoms with Gasteiger partial charge in [-0.2, -0.15) is 5.10 Å². The summed E-state index contributed by atoms with van der Waals surface area (Å²) in [5.41, 5.74) is 3.35. The Labute approximate surface area is 231 Å². The molecule has 3 heterocycles. The van der Waals surface area contributed by atoms with E-state index in [1.54, 1.807) is 13.2 Å². The normalized spacial score (nSPS) is 15.8. The summed E-state index contributed by atoms with van der Waals surface area (Å²) in [6.07, 6.45) is 4.04. The van der Waals surface area contributed by atoms with Crippen molar-refractivity contribution in [1.82, 2.24) is 15.1 Å². The molecule has 38 heavy (non-hydrogen) atoms. The number of ether oxygens (including phenoxy) is 1. The standard InChI is InChI=1S/C28H30ClN3O4S2/c1-36-25-9-3-8-24-28(25)23(18-38(34,35)27-13-12-26(29)37-27)31-32(24)17-20-6-2-5-19(15-20)10-11-22(33)16-21-7-4-14-30-21/h2-3,5-6,8-9,12-13,15,21,30H,4,7,10-11,14,16-18H2,1H3. The number of carbonyl (C=O) groups is 1. The van der Waals surface area contributed by atoms with Crippen LogP contribution in [-0.2, 0) is 33.4 Å². The van der Waals surface area contributed by atoms with Crippen molar-refractivity contribution in [3.8, 4) is 5.75 Å². The van der Waals surface area contributed by atoms with E-state index >= 15 is 0 Å². The summed E-state index contributed by atoms with van der Waals surface area (Å²) in [4.78, 5) is 12.5. The second-order valence-electron chi connectivity index (χ2n) is 9.63. The molecule has 1 aliphatic heterocycles. The van der Waals surface area contributed by atoms with Crippen LogP contribution in [0.15, 0.2) is 58.8 Å². The third-order valence-corrected chi connectivity index (χ3v) is 10.3. The molecule has 1 unspecified atom stereocenters. The predicted molar refractivity (Wildman–Crippen MR) is 151 cm³/mol. The molecule has 1 N–H and O–H groups in total. The molecule has 0 saturated carbocycles. The van der Waals surface area contributed by atoms with Crippen LogP contribution < -0.4 is 10.1 Å². The highest BCUT2D eigenvalue weighted by Crippen LogP contribution is 2.33. The average Bonchev–Trinajstić information content (AvgIpc) is 3.65. The molecule has 10 heteroatoms. The van der Waals surface area contributed by atoms with Gasteiger partial charge in [-0.15, -0.1) is 11.3 Å². The van der Waals surface area contributed by atoms with Crippen LogP contribution >= 0.6 is 22.9 Å². The Bertz CT molecular complexity index is 1560. The summed E-state index contributed by atoms with van der Waals surface area (Å²) in [5, 5.41) is 8.81. The number of halogens is 1. The number of hydrogen-bond donors (Lipinski definition) is 1. The number of rotatable bonds is 11. The number of ketones is 1. The molecule has 1 atom stereocenters. The van der Waals surface area contributed by atoms with Crippen LogP contribution in [0.5, 0.6) is 5.75 Å². The topological polar surface area (TPSA) is 90.3 Å². The van der Waals surface area contributed by atoms with Gasteiger partial charge in [0.05, 0.1) is 34.6 Å². The van der Waals surface area contributed by atoms with Gasteiger partial charge in [-0.1, -0.05) is 41.9 Å². The SMILES string of the molecule is COc1cccc2c1c(CS(=O)(=O)c1ccc(Cl)s1)nn2Cc1cccc(CCC(=O)CC2CCCN2)c1. The summed E-state index contributed by atoms with van der Waals surface area (Å²) < 4.78 is 34.3. The molecule has 0 spiro atoms. The summed E-state index contributed by atoms with van der Waals surface area (Å²) in [6, 6.07) is 17.2. The average molecular weight is 572 g/mol. The largest absolute Gasteiger partial charge is 0.496 e. The maximum absolute atomic E-state index is 13.1. The van der Waals surface area contributed by atoms with Gasteiger partial charge in [0.2, 0.25) is 0 Å². The van der Waals surface area contributed by atoms with E-state index in [-0.39, 0.29) is 15.7 Å². The predicted octanol–water partition coefficient (Wildman–Crippen LogP) is 5.43. The maximum Gasteiger partial charge on any atom is 0.193 e. The van der Waals surface area contributed by atoms with Crippen LogP contribution in [0.25, 0.3) is 10.9 Å². The number of benzene rings is 2. The molecule has 200 valence electrons. The minimum atomic E-state index is -3.63. The Hall–Kier alpha value is -2.72. The number of hydrogen-bond acceptors (Lipinski definition) is 7. The van der Waals surface area contributed by atoms with Crippen molar-refractivity contribution >= 4 is 49.5 Å². The van der Waals surface area contributed by atoms with Crippen molar-refractivity contribution in [2.75, 3.05) is 13.7 Å². The van der Waals surface area contributed by atoms with Crippen molar-refractivity contribution in [3.63, 3.8) is 0 Å². The van der Waals surface area contributed by atoms with Gasteiger partial charge in [0, 0.05) is 18.9 Å². The number of carbonyl (C=O) groups excluding carboxylic acids is 1. The maximum atomic E-state index is 13.1. The lowest BCUT2D eigenvalue weighted by Gasteiger charge is -2.10. The van der Waals surface area contributed by atoms with E-state index < -0.39 is 9.84 Å². The van der Waals surface area contributed by atoms with Crippen LogP contribution in [0.1, 0.15) is 42.5 Å². The van der Waals surface area contributed by atoms with Crippen LogP contribution in [-0.4, -0.2) is 43.7 Å². The molecular formula is C28H30ClN3O4S2.